The van der Waals surface area contributed by atoms with Crippen LogP contribution in [-0.2, 0) is 21.2 Å². The molecule has 0 aromatic heterocycles. The quantitative estimate of drug-likeness (QED) is 0.460. The van der Waals surface area contributed by atoms with Crippen LogP contribution >= 0.6 is 11.6 Å². The molecule has 1 heterocycles. The van der Waals surface area contributed by atoms with Gasteiger partial charge in [0, 0.05) is 24.7 Å². The van der Waals surface area contributed by atoms with Gasteiger partial charge in [0.05, 0.1) is 10.9 Å². The third-order valence-electron chi connectivity index (χ3n) is 6.31. The van der Waals surface area contributed by atoms with Gasteiger partial charge in [-0.25, -0.2) is 13.2 Å². The van der Waals surface area contributed by atoms with E-state index in [0.29, 0.717) is 24.4 Å². The third kappa shape index (κ3) is 7.67. The molecule has 1 amide bonds. The van der Waals surface area contributed by atoms with Gasteiger partial charge < -0.3 is 14.5 Å². The molecule has 2 aromatic rings. The van der Waals surface area contributed by atoms with Crippen molar-refractivity contribution in [3.8, 4) is 0 Å². The third-order valence-corrected chi connectivity index (χ3v) is 8.58. The standard InChI is InChI=1S/C26H36ClN3O4S/c1-28(2)17-8-18-29(3)26(31)34-20-24-12-7-11-23(19-21-9-5-4-6-10-21)30(24)35(32,33)25-15-13-22(27)14-16-25/h4-6,9-10,13-16,23-24H,7-8,11-12,17-20H2,1-3H3/t23-,24+/m0/s1. The van der Waals surface area contributed by atoms with Crippen molar-refractivity contribution in [1.82, 2.24) is 14.1 Å². The number of ether oxygens (including phenoxy) is 1. The number of rotatable bonds is 10. The van der Waals surface area contributed by atoms with Crippen LogP contribution in [0.3, 0.4) is 0 Å². The molecular formula is C26H36ClN3O4S. The molecule has 0 unspecified atom stereocenters. The highest BCUT2D eigenvalue weighted by molar-refractivity contribution is 7.89. The van der Waals surface area contributed by atoms with E-state index in [4.69, 9.17) is 16.3 Å². The van der Waals surface area contributed by atoms with Gasteiger partial charge in [-0.1, -0.05) is 48.4 Å². The smallest absolute Gasteiger partial charge is 0.409 e. The topological polar surface area (TPSA) is 70.2 Å². The van der Waals surface area contributed by atoms with E-state index in [1.54, 1.807) is 28.4 Å². The summed E-state index contributed by atoms with van der Waals surface area (Å²) in [5.41, 5.74) is 1.08. The predicted octanol–water partition coefficient (Wildman–Crippen LogP) is 4.51. The monoisotopic (exact) mass is 521 g/mol. The van der Waals surface area contributed by atoms with Crippen molar-refractivity contribution in [2.24, 2.45) is 0 Å². The Bertz CT molecular complexity index is 1050. The first-order valence-corrected chi connectivity index (χ1v) is 13.9. The zero-order chi connectivity index (χ0) is 25.4. The molecule has 0 saturated carbocycles. The zero-order valence-corrected chi connectivity index (χ0v) is 22.3. The summed E-state index contributed by atoms with van der Waals surface area (Å²) in [6, 6.07) is 15.5. The fourth-order valence-electron chi connectivity index (χ4n) is 4.49. The summed E-state index contributed by atoms with van der Waals surface area (Å²) in [4.78, 5) is 16.4. The summed E-state index contributed by atoms with van der Waals surface area (Å²) < 4.78 is 34.8. The number of hydrogen-bond acceptors (Lipinski definition) is 5. The van der Waals surface area contributed by atoms with Gasteiger partial charge in [0.25, 0.3) is 0 Å². The summed E-state index contributed by atoms with van der Waals surface area (Å²) in [7, 11) is 1.86. The van der Waals surface area contributed by atoms with Crippen molar-refractivity contribution in [2.45, 2.75) is 49.1 Å². The lowest BCUT2D eigenvalue weighted by Gasteiger charge is -2.41. The number of piperidine rings is 1. The van der Waals surface area contributed by atoms with E-state index in [0.717, 1.165) is 31.4 Å². The first kappa shape index (κ1) is 27.5. The first-order valence-electron chi connectivity index (χ1n) is 12.0. The molecule has 192 valence electrons. The molecule has 3 rings (SSSR count). The molecule has 1 aliphatic heterocycles. The van der Waals surface area contributed by atoms with Gasteiger partial charge in [-0.15, -0.1) is 0 Å². The van der Waals surface area contributed by atoms with Crippen LogP contribution in [0.1, 0.15) is 31.2 Å². The Morgan fingerprint density at radius 3 is 2.31 bits per heavy atom. The van der Waals surface area contributed by atoms with E-state index < -0.39 is 22.2 Å². The number of amides is 1. The van der Waals surface area contributed by atoms with Gasteiger partial charge in [-0.3, -0.25) is 0 Å². The Balaban J connectivity index is 1.79. The summed E-state index contributed by atoms with van der Waals surface area (Å²) in [6.45, 7) is 1.47. The molecule has 0 radical (unpaired) electrons. The Morgan fingerprint density at radius 1 is 1.00 bits per heavy atom. The van der Waals surface area contributed by atoms with E-state index in [9.17, 15) is 13.2 Å². The molecule has 0 bridgehead atoms. The highest BCUT2D eigenvalue weighted by Crippen LogP contribution is 2.32. The number of carbonyl (C=O) groups excluding carboxylic acids is 1. The molecule has 2 aromatic carbocycles. The van der Waals surface area contributed by atoms with Crippen molar-refractivity contribution < 1.29 is 17.9 Å². The van der Waals surface area contributed by atoms with E-state index >= 15 is 0 Å². The number of hydrogen-bond donors (Lipinski definition) is 0. The molecular weight excluding hydrogens is 486 g/mol. The number of carbonyl (C=O) groups is 1. The fraction of sp³-hybridized carbons (Fsp3) is 0.500. The van der Waals surface area contributed by atoms with E-state index in [1.165, 1.54) is 12.1 Å². The lowest BCUT2D eigenvalue weighted by Crippen LogP contribution is -2.53. The molecule has 0 N–H and O–H groups in total. The number of halogens is 1. The average molecular weight is 522 g/mol. The maximum Gasteiger partial charge on any atom is 0.409 e. The molecule has 0 spiro atoms. The van der Waals surface area contributed by atoms with Gasteiger partial charge in [0.2, 0.25) is 10.0 Å². The highest BCUT2D eigenvalue weighted by atomic mass is 35.5. The van der Waals surface area contributed by atoms with Gasteiger partial charge in [-0.2, -0.15) is 4.31 Å². The van der Waals surface area contributed by atoms with Gasteiger partial charge in [0.1, 0.15) is 6.61 Å². The van der Waals surface area contributed by atoms with E-state index in [1.807, 2.05) is 44.4 Å². The number of nitrogens with zero attached hydrogens (tertiary/aromatic N) is 3. The van der Waals surface area contributed by atoms with Gasteiger partial charge in [0.15, 0.2) is 0 Å². The van der Waals surface area contributed by atoms with Crippen LogP contribution in [0.15, 0.2) is 59.5 Å². The van der Waals surface area contributed by atoms with Crippen molar-refractivity contribution >= 4 is 27.7 Å². The maximum absolute atomic E-state index is 13.8. The molecule has 35 heavy (non-hydrogen) atoms. The van der Waals surface area contributed by atoms with Crippen LogP contribution in [-0.4, -0.2) is 81.5 Å². The van der Waals surface area contributed by atoms with Gasteiger partial charge in [-0.05, 0) is 76.2 Å². The van der Waals surface area contributed by atoms with Crippen molar-refractivity contribution in [3.05, 3.63) is 65.2 Å². The van der Waals surface area contributed by atoms with Crippen LogP contribution in [0, 0.1) is 0 Å². The lowest BCUT2D eigenvalue weighted by atomic mass is 9.94. The van der Waals surface area contributed by atoms with Crippen molar-refractivity contribution in [1.29, 1.82) is 0 Å². The van der Waals surface area contributed by atoms with Crippen molar-refractivity contribution in [3.63, 3.8) is 0 Å². The molecule has 1 aliphatic rings. The molecule has 1 fully saturated rings. The normalized spacial score (nSPS) is 19.0. The van der Waals surface area contributed by atoms with Gasteiger partial charge >= 0.3 is 6.09 Å². The van der Waals surface area contributed by atoms with Crippen LogP contribution in [0.25, 0.3) is 0 Å². The Hall–Kier alpha value is -2.13. The second-order valence-electron chi connectivity index (χ2n) is 9.37. The number of sulfonamides is 1. The highest BCUT2D eigenvalue weighted by Gasteiger charge is 2.40. The zero-order valence-electron chi connectivity index (χ0n) is 20.8. The van der Waals surface area contributed by atoms with Crippen LogP contribution in [0.5, 0.6) is 0 Å². The molecule has 9 heteroatoms. The minimum atomic E-state index is -3.82. The molecule has 7 nitrogen and oxygen atoms in total. The van der Waals surface area contributed by atoms with E-state index in [-0.39, 0.29) is 17.5 Å². The maximum atomic E-state index is 13.8. The fourth-order valence-corrected chi connectivity index (χ4v) is 6.47. The first-order chi connectivity index (χ1) is 16.7. The molecule has 0 aliphatic carbocycles. The van der Waals surface area contributed by atoms with Crippen LogP contribution < -0.4 is 0 Å². The van der Waals surface area contributed by atoms with Crippen LogP contribution in [0.4, 0.5) is 4.79 Å². The summed E-state index contributed by atoms with van der Waals surface area (Å²) in [5.74, 6) is 0. The van der Waals surface area contributed by atoms with Crippen LogP contribution in [0.2, 0.25) is 5.02 Å². The Labute approximate surface area is 214 Å². The minimum absolute atomic E-state index is 0.0228. The average Bonchev–Trinajstić information content (AvgIpc) is 2.83. The summed E-state index contributed by atoms with van der Waals surface area (Å²) in [6.07, 6.45) is 3.25. The van der Waals surface area contributed by atoms with Crippen molar-refractivity contribution in [2.75, 3.05) is 40.8 Å². The SMILES string of the molecule is CN(C)CCCN(C)C(=O)OC[C@H]1CCC[C@@H](Cc2ccccc2)N1S(=O)(=O)c1ccc(Cl)cc1. The number of benzene rings is 2. The predicted molar refractivity (Wildman–Crippen MR) is 139 cm³/mol. The lowest BCUT2D eigenvalue weighted by molar-refractivity contribution is 0.0663. The summed E-state index contributed by atoms with van der Waals surface area (Å²) in [5, 5.41) is 0.478. The second kappa shape index (κ2) is 12.7. The largest absolute Gasteiger partial charge is 0.448 e. The molecule has 2 atom stereocenters. The molecule has 1 saturated heterocycles. The second-order valence-corrected chi connectivity index (χ2v) is 11.7. The van der Waals surface area contributed by atoms with E-state index in [2.05, 4.69) is 4.90 Å². The summed E-state index contributed by atoms with van der Waals surface area (Å²) >= 11 is 6.01. The minimum Gasteiger partial charge on any atom is -0.448 e. The Kier molecular flexibility index (Phi) is 9.98. The Morgan fingerprint density at radius 2 is 1.66 bits per heavy atom.